The molecule has 8 heteroatoms. The molecule has 0 aliphatic heterocycles. The van der Waals surface area contributed by atoms with Gasteiger partial charge in [-0.2, -0.15) is 0 Å². The summed E-state index contributed by atoms with van der Waals surface area (Å²) in [5.74, 6) is -0.633. The summed E-state index contributed by atoms with van der Waals surface area (Å²) in [6.45, 7) is -0.409. The molecule has 0 bridgehead atoms. The third-order valence-electron chi connectivity index (χ3n) is 0.990. The number of nitrogens with one attached hydrogen (secondary N) is 1. The van der Waals surface area contributed by atoms with E-state index in [0.29, 0.717) is 0 Å². The summed E-state index contributed by atoms with van der Waals surface area (Å²) in [6.07, 6.45) is -0.880. The normalized spacial score (nSPS) is 12.4. The molecule has 0 saturated heterocycles. The second-order valence-electron chi connectivity index (χ2n) is 2.13. The Morgan fingerprint density at radius 2 is 1.86 bits per heavy atom. The molecule has 0 rings (SSSR count). The summed E-state index contributed by atoms with van der Waals surface area (Å²) < 4.78 is 4.43. The van der Waals surface area contributed by atoms with Crippen LogP contribution in [0.5, 0.6) is 0 Å². The number of amides is 1. The van der Waals surface area contributed by atoms with Gasteiger partial charge in [-0.3, -0.25) is 4.79 Å². The maximum Gasteiger partial charge on any atom is 0.408 e. The molecule has 82 valence electrons. The van der Waals surface area contributed by atoms with Crippen molar-refractivity contribution in [2.75, 3.05) is 12.5 Å². The zero-order valence-corrected chi connectivity index (χ0v) is 9.83. The van der Waals surface area contributed by atoms with Gasteiger partial charge in [-0.15, -0.1) is 34.8 Å². The molecule has 0 spiro atoms. The fourth-order valence-corrected chi connectivity index (χ4v) is 0.694. The van der Waals surface area contributed by atoms with Crippen LogP contribution in [-0.4, -0.2) is 34.7 Å². The number of hydrogen-bond donors (Lipinski definition) is 1. The lowest BCUT2D eigenvalue weighted by molar-refractivity contribution is -0.119. The van der Waals surface area contributed by atoms with E-state index in [1.807, 2.05) is 0 Å². The Hall–Kier alpha value is 0.1000. The molecule has 0 aromatic rings. The Balaban J connectivity index is 3.71. The molecule has 0 aliphatic rings. The quantitative estimate of drug-likeness (QED) is 0.619. The molecule has 0 saturated carbocycles. The minimum atomic E-state index is -0.975. The summed E-state index contributed by atoms with van der Waals surface area (Å²) in [6, 6.07) is 0. The standard InChI is InChI=1S/C6H7Cl4NO3/c7-1-3(12)2-14-6(13)11-5(10)4(8)9/h4-5H,1-2H2,(H,11,13). The van der Waals surface area contributed by atoms with E-state index in [0.717, 1.165) is 0 Å². The third-order valence-corrected chi connectivity index (χ3v) is 2.41. The van der Waals surface area contributed by atoms with Crippen molar-refractivity contribution >= 4 is 58.3 Å². The Bertz CT molecular complexity index is 211. The number of alkyl carbamates (subject to hydrolysis) is 1. The van der Waals surface area contributed by atoms with Crippen molar-refractivity contribution in [2.24, 2.45) is 0 Å². The summed E-state index contributed by atoms with van der Waals surface area (Å²) in [7, 11) is 0. The Morgan fingerprint density at radius 1 is 1.29 bits per heavy atom. The van der Waals surface area contributed by atoms with Gasteiger partial charge >= 0.3 is 6.09 Å². The minimum Gasteiger partial charge on any atom is -0.441 e. The highest BCUT2D eigenvalue weighted by molar-refractivity contribution is 6.48. The van der Waals surface area contributed by atoms with Crippen LogP contribution < -0.4 is 5.32 Å². The first-order valence-corrected chi connectivity index (χ1v) is 5.25. The van der Waals surface area contributed by atoms with Crippen molar-refractivity contribution < 1.29 is 14.3 Å². The van der Waals surface area contributed by atoms with E-state index in [9.17, 15) is 9.59 Å². The fraction of sp³-hybridized carbons (Fsp3) is 0.667. The van der Waals surface area contributed by atoms with E-state index >= 15 is 0 Å². The fourth-order valence-electron chi connectivity index (χ4n) is 0.402. The van der Waals surface area contributed by atoms with Gasteiger partial charge in [-0.25, -0.2) is 4.79 Å². The van der Waals surface area contributed by atoms with Gasteiger partial charge in [0.25, 0.3) is 0 Å². The minimum absolute atomic E-state index is 0.217. The molecule has 0 aromatic heterocycles. The Morgan fingerprint density at radius 3 is 2.29 bits per heavy atom. The number of rotatable bonds is 5. The highest BCUT2D eigenvalue weighted by atomic mass is 35.5. The maximum absolute atomic E-state index is 10.8. The number of alkyl halides is 4. The molecular formula is C6H7Cl4NO3. The Kier molecular flexibility index (Phi) is 7.45. The molecule has 1 atom stereocenters. The molecule has 0 aliphatic carbocycles. The molecule has 0 aromatic carbocycles. The van der Waals surface area contributed by atoms with Crippen molar-refractivity contribution in [2.45, 2.75) is 10.3 Å². The lowest BCUT2D eigenvalue weighted by Gasteiger charge is -2.11. The van der Waals surface area contributed by atoms with E-state index in [-0.39, 0.29) is 5.88 Å². The van der Waals surface area contributed by atoms with Crippen LogP contribution >= 0.6 is 46.4 Å². The van der Waals surface area contributed by atoms with Gasteiger partial charge in [0.2, 0.25) is 0 Å². The van der Waals surface area contributed by atoms with Crippen LogP contribution in [0, 0.1) is 0 Å². The largest absolute Gasteiger partial charge is 0.441 e. The maximum atomic E-state index is 10.8. The van der Waals surface area contributed by atoms with Crippen LogP contribution in [0.4, 0.5) is 4.79 Å². The number of Topliss-reactive ketones (excluding diaryl/α,β-unsaturated/α-hetero) is 1. The third kappa shape index (κ3) is 6.54. The van der Waals surface area contributed by atoms with Gasteiger partial charge in [0.05, 0.1) is 5.88 Å². The summed E-state index contributed by atoms with van der Waals surface area (Å²) in [5, 5.41) is 2.10. The van der Waals surface area contributed by atoms with Gasteiger partial charge in [-0.05, 0) is 0 Å². The topological polar surface area (TPSA) is 55.4 Å². The van der Waals surface area contributed by atoms with E-state index in [1.165, 1.54) is 0 Å². The Labute approximate surface area is 101 Å². The summed E-state index contributed by atoms with van der Waals surface area (Å²) >= 11 is 21.3. The predicted molar refractivity (Wildman–Crippen MR) is 55.3 cm³/mol. The van der Waals surface area contributed by atoms with E-state index in [2.05, 4.69) is 10.1 Å². The molecule has 0 radical (unpaired) electrons. The lowest BCUT2D eigenvalue weighted by Crippen LogP contribution is -2.36. The van der Waals surface area contributed by atoms with Gasteiger partial charge in [0.15, 0.2) is 12.4 Å². The smallest absolute Gasteiger partial charge is 0.408 e. The molecule has 1 amide bonds. The van der Waals surface area contributed by atoms with Crippen LogP contribution in [0.25, 0.3) is 0 Å². The second kappa shape index (κ2) is 7.40. The van der Waals surface area contributed by atoms with Gasteiger partial charge in [0, 0.05) is 0 Å². The predicted octanol–water partition coefficient (Wildman–Crippen LogP) is 1.89. The molecule has 0 heterocycles. The molecule has 4 nitrogen and oxygen atoms in total. The van der Waals surface area contributed by atoms with E-state index in [4.69, 9.17) is 46.4 Å². The van der Waals surface area contributed by atoms with Crippen LogP contribution in [-0.2, 0) is 9.53 Å². The number of carbonyl (C=O) groups excluding carboxylic acids is 2. The zero-order chi connectivity index (χ0) is 11.1. The van der Waals surface area contributed by atoms with Crippen molar-refractivity contribution in [3.63, 3.8) is 0 Å². The van der Waals surface area contributed by atoms with E-state index < -0.39 is 28.8 Å². The number of hydrogen-bond acceptors (Lipinski definition) is 3. The first kappa shape index (κ1) is 14.1. The van der Waals surface area contributed by atoms with Crippen molar-refractivity contribution in [1.82, 2.24) is 5.32 Å². The highest BCUT2D eigenvalue weighted by Gasteiger charge is 2.17. The van der Waals surface area contributed by atoms with Crippen LogP contribution in [0.15, 0.2) is 0 Å². The zero-order valence-electron chi connectivity index (χ0n) is 6.81. The molecular weight excluding hydrogens is 276 g/mol. The number of carbonyl (C=O) groups is 2. The average Bonchev–Trinajstić information content (AvgIpc) is 2.13. The molecule has 1 N–H and O–H groups in total. The van der Waals surface area contributed by atoms with Gasteiger partial charge in [-0.1, -0.05) is 11.6 Å². The highest BCUT2D eigenvalue weighted by Crippen LogP contribution is 2.11. The summed E-state index contributed by atoms with van der Waals surface area (Å²) in [4.78, 5) is 20.5. The monoisotopic (exact) mass is 281 g/mol. The first-order valence-electron chi connectivity index (χ1n) is 3.40. The molecule has 0 fully saturated rings. The SMILES string of the molecule is O=C(CCl)COC(=O)NC(Cl)C(Cl)Cl. The van der Waals surface area contributed by atoms with Crippen molar-refractivity contribution in [1.29, 1.82) is 0 Å². The first-order chi connectivity index (χ1) is 6.47. The lowest BCUT2D eigenvalue weighted by atomic mass is 10.5. The van der Waals surface area contributed by atoms with Crippen LogP contribution in [0.3, 0.4) is 0 Å². The van der Waals surface area contributed by atoms with Crippen molar-refractivity contribution in [3.8, 4) is 0 Å². The van der Waals surface area contributed by atoms with Crippen molar-refractivity contribution in [3.05, 3.63) is 0 Å². The second-order valence-corrected chi connectivity index (χ2v) is 4.03. The number of ketones is 1. The van der Waals surface area contributed by atoms with Gasteiger partial charge in [0.1, 0.15) is 10.3 Å². The average molecular weight is 283 g/mol. The van der Waals surface area contributed by atoms with E-state index in [1.54, 1.807) is 0 Å². The summed E-state index contributed by atoms with van der Waals surface area (Å²) in [5.41, 5.74) is -0.975. The van der Waals surface area contributed by atoms with Gasteiger partial charge < -0.3 is 10.1 Å². The molecule has 1 unspecified atom stereocenters. The van der Waals surface area contributed by atoms with Crippen LogP contribution in [0.2, 0.25) is 0 Å². The molecule has 14 heavy (non-hydrogen) atoms. The number of ether oxygens (including phenoxy) is 1. The van der Waals surface area contributed by atoms with Crippen LogP contribution in [0.1, 0.15) is 0 Å². The number of halogens is 4.